The summed E-state index contributed by atoms with van der Waals surface area (Å²) in [6, 6.07) is 5.73. The van der Waals surface area contributed by atoms with E-state index in [-0.39, 0.29) is 62.5 Å². The fourth-order valence-corrected chi connectivity index (χ4v) is 1.08. The first kappa shape index (κ1) is 14.4. The molecule has 0 heterocycles. The molecule has 1 aromatic carbocycles. The van der Waals surface area contributed by atoms with Gasteiger partial charge in [0.15, 0.2) is 0 Å². The van der Waals surface area contributed by atoms with Crippen molar-refractivity contribution in [2.45, 2.75) is 6.32 Å². The van der Waals surface area contributed by atoms with Crippen LogP contribution in [0.5, 0.6) is 0 Å². The summed E-state index contributed by atoms with van der Waals surface area (Å²) >= 11 is 0. The fourth-order valence-electron chi connectivity index (χ4n) is 1.08. The third-order valence-electron chi connectivity index (χ3n) is 1.63. The van der Waals surface area contributed by atoms with Gasteiger partial charge in [-0.25, -0.2) is 0 Å². The van der Waals surface area contributed by atoms with E-state index in [4.69, 9.17) is 0 Å². The van der Waals surface area contributed by atoms with Crippen LogP contribution in [0, 0.1) is 0 Å². The molecule has 0 aliphatic heterocycles. The Labute approximate surface area is 123 Å². The van der Waals surface area contributed by atoms with Crippen molar-refractivity contribution in [3.63, 3.8) is 0 Å². The van der Waals surface area contributed by atoms with Crippen LogP contribution in [0.4, 0.5) is 12.9 Å². The van der Waals surface area contributed by atoms with Crippen molar-refractivity contribution in [2.75, 3.05) is 0 Å². The molecule has 0 atom stereocenters. The molecule has 0 amide bonds. The number of carbonyl (C=O) groups is 1. The van der Waals surface area contributed by atoms with Crippen molar-refractivity contribution in [2.24, 2.45) is 0 Å². The normalized spacial score (nSPS) is 10.5. The molecular weight excluding hydrogens is 219 g/mol. The standard InChI is InChI=1S/C8H7BF3O.K/c10-9(11,12)5-7-3-1-2-4-8(7)6-13;/h1-4,6H,5H2;/q-1;+1. The maximum atomic E-state index is 12.0. The SMILES string of the molecule is O=Cc1ccccc1C[B-](F)(F)F.[K+]. The third kappa shape index (κ3) is 4.75. The summed E-state index contributed by atoms with van der Waals surface area (Å²) in [5.41, 5.74) is 0.159. The Morgan fingerprint density at radius 1 is 1.21 bits per heavy atom. The van der Waals surface area contributed by atoms with Crippen molar-refractivity contribution < 1.29 is 69.1 Å². The van der Waals surface area contributed by atoms with E-state index in [1.165, 1.54) is 24.3 Å². The number of aldehydes is 1. The minimum Gasteiger partial charge on any atom is -0.449 e. The largest absolute Gasteiger partial charge is 1.00 e. The molecule has 0 N–H and O–H groups in total. The smallest absolute Gasteiger partial charge is 0.449 e. The van der Waals surface area contributed by atoms with Crippen molar-refractivity contribution >= 4 is 13.3 Å². The average molecular weight is 226 g/mol. The van der Waals surface area contributed by atoms with Gasteiger partial charge in [-0.15, -0.1) is 0 Å². The van der Waals surface area contributed by atoms with Crippen LogP contribution in [-0.2, 0) is 6.32 Å². The Morgan fingerprint density at radius 2 is 1.79 bits per heavy atom. The number of rotatable bonds is 3. The molecule has 0 unspecified atom stereocenters. The monoisotopic (exact) mass is 226 g/mol. The first-order chi connectivity index (χ1) is 6.03. The topological polar surface area (TPSA) is 17.1 Å². The molecule has 0 radical (unpaired) electrons. The van der Waals surface area contributed by atoms with Gasteiger partial charge in [0.25, 0.3) is 0 Å². The first-order valence-electron chi connectivity index (χ1n) is 3.77. The van der Waals surface area contributed by atoms with Gasteiger partial charge in [0.2, 0.25) is 0 Å². The van der Waals surface area contributed by atoms with Gasteiger partial charge in [0, 0.05) is 5.56 Å². The van der Waals surface area contributed by atoms with Crippen molar-refractivity contribution in [1.82, 2.24) is 0 Å². The maximum Gasteiger partial charge on any atom is 1.00 e. The Morgan fingerprint density at radius 3 is 2.29 bits per heavy atom. The molecule has 0 fully saturated rings. The van der Waals surface area contributed by atoms with E-state index < -0.39 is 13.3 Å². The van der Waals surface area contributed by atoms with Gasteiger partial charge in [-0.05, 0) is 0 Å². The molecule has 0 saturated heterocycles. The molecule has 0 bridgehead atoms. The predicted molar refractivity (Wildman–Crippen MR) is 44.6 cm³/mol. The summed E-state index contributed by atoms with van der Waals surface area (Å²) in [6.45, 7) is -4.87. The predicted octanol–water partition coefficient (Wildman–Crippen LogP) is -0.568. The zero-order valence-electron chi connectivity index (χ0n) is 7.71. The maximum absolute atomic E-state index is 12.0. The van der Waals surface area contributed by atoms with E-state index in [1.54, 1.807) is 0 Å². The molecule has 70 valence electrons. The molecule has 0 aliphatic carbocycles. The van der Waals surface area contributed by atoms with E-state index in [0.29, 0.717) is 6.29 Å². The molecule has 0 aromatic heterocycles. The molecule has 6 heteroatoms. The van der Waals surface area contributed by atoms with Crippen LogP contribution in [0.1, 0.15) is 15.9 Å². The minimum absolute atomic E-state index is 0. The molecule has 14 heavy (non-hydrogen) atoms. The number of benzene rings is 1. The van der Waals surface area contributed by atoms with E-state index in [9.17, 15) is 17.7 Å². The summed E-state index contributed by atoms with van der Waals surface area (Å²) in [6.07, 6.45) is -0.550. The van der Waals surface area contributed by atoms with Crippen LogP contribution in [0.15, 0.2) is 24.3 Å². The molecule has 0 spiro atoms. The summed E-state index contributed by atoms with van der Waals surface area (Å²) < 4.78 is 36.0. The quantitative estimate of drug-likeness (QED) is 0.498. The van der Waals surface area contributed by atoms with Gasteiger partial charge in [0.1, 0.15) is 6.29 Å². The number of halogens is 3. The van der Waals surface area contributed by atoms with Gasteiger partial charge in [-0.2, -0.15) is 0 Å². The third-order valence-corrected chi connectivity index (χ3v) is 1.63. The molecule has 1 nitrogen and oxygen atoms in total. The molecule has 0 saturated carbocycles. The summed E-state index contributed by atoms with van der Waals surface area (Å²) in [7, 11) is 0. The number of hydrogen-bond acceptors (Lipinski definition) is 1. The van der Waals surface area contributed by atoms with Crippen molar-refractivity contribution in [1.29, 1.82) is 0 Å². The Bertz CT molecular complexity index is 314. The van der Waals surface area contributed by atoms with E-state index in [1.807, 2.05) is 0 Å². The van der Waals surface area contributed by atoms with Crippen molar-refractivity contribution in [3.8, 4) is 0 Å². The van der Waals surface area contributed by atoms with Crippen LogP contribution in [-0.4, -0.2) is 13.3 Å². The van der Waals surface area contributed by atoms with Crippen LogP contribution < -0.4 is 51.4 Å². The second-order valence-electron chi connectivity index (χ2n) is 2.73. The first-order valence-corrected chi connectivity index (χ1v) is 3.77. The van der Waals surface area contributed by atoms with Crippen LogP contribution in [0.25, 0.3) is 0 Å². The Balaban J connectivity index is 0.00000169. The minimum atomic E-state index is -4.87. The summed E-state index contributed by atoms with van der Waals surface area (Å²) in [4.78, 5) is 10.4. The number of carbonyl (C=O) groups excluding carboxylic acids is 1. The van der Waals surface area contributed by atoms with Crippen LogP contribution >= 0.6 is 0 Å². The van der Waals surface area contributed by atoms with Crippen LogP contribution in [0.3, 0.4) is 0 Å². The molecular formula is C8H7BF3KO. The van der Waals surface area contributed by atoms with Gasteiger partial charge in [-0.1, -0.05) is 36.1 Å². The van der Waals surface area contributed by atoms with Gasteiger partial charge < -0.3 is 12.9 Å². The summed E-state index contributed by atoms with van der Waals surface area (Å²) in [5.74, 6) is 0. The Hall–Kier alpha value is 0.381. The average Bonchev–Trinajstić information content (AvgIpc) is 2.02. The van der Waals surface area contributed by atoms with E-state index >= 15 is 0 Å². The van der Waals surface area contributed by atoms with Gasteiger partial charge >= 0.3 is 58.4 Å². The van der Waals surface area contributed by atoms with Gasteiger partial charge in [0.05, 0.1) is 0 Å². The van der Waals surface area contributed by atoms with Crippen LogP contribution in [0.2, 0.25) is 0 Å². The summed E-state index contributed by atoms with van der Waals surface area (Å²) in [5, 5.41) is 0. The Kier molecular flexibility index (Phi) is 6.24. The molecule has 1 aromatic rings. The molecule has 1 rings (SSSR count). The zero-order chi connectivity index (χ0) is 9.90. The second-order valence-corrected chi connectivity index (χ2v) is 2.73. The number of hydrogen-bond donors (Lipinski definition) is 0. The molecule has 0 aliphatic rings. The zero-order valence-corrected chi connectivity index (χ0v) is 10.8. The fraction of sp³-hybridized carbons (Fsp3) is 0.125. The second kappa shape index (κ2) is 6.07. The van der Waals surface area contributed by atoms with Crippen molar-refractivity contribution in [3.05, 3.63) is 35.4 Å². The van der Waals surface area contributed by atoms with E-state index in [0.717, 1.165) is 0 Å². The van der Waals surface area contributed by atoms with Gasteiger partial charge in [-0.3, -0.25) is 4.79 Å². The van der Waals surface area contributed by atoms with E-state index in [2.05, 4.69) is 0 Å².